The molecule has 0 bridgehead atoms. The van der Waals surface area contributed by atoms with Crippen LogP contribution in [0.25, 0.3) is 0 Å². The van der Waals surface area contributed by atoms with Gasteiger partial charge in [-0.2, -0.15) is 0 Å². The van der Waals surface area contributed by atoms with Crippen molar-refractivity contribution in [3.05, 3.63) is 42.0 Å². The van der Waals surface area contributed by atoms with Gasteiger partial charge in [0.25, 0.3) is 5.91 Å². The first kappa shape index (κ1) is 18.8. The van der Waals surface area contributed by atoms with Gasteiger partial charge in [0.1, 0.15) is 0 Å². The summed E-state index contributed by atoms with van der Waals surface area (Å²) >= 11 is 0. The first-order chi connectivity index (χ1) is 13.0. The van der Waals surface area contributed by atoms with Crippen molar-refractivity contribution in [2.45, 2.75) is 26.2 Å². The number of aryl methyl sites for hydroxylation is 1. The number of carbonyl (C=O) groups is 4. The highest BCUT2D eigenvalue weighted by Gasteiger charge is 2.46. The van der Waals surface area contributed by atoms with Gasteiger partial charge in [0.2, 0.25) is 11.8 Å². The Morgan fingerprint density at radius 3 is 2.37 bits per heavy atom. The summed E-state index contributed by atoms with van der Waals surface area (Å²) in [6.07, 6.45) is 4.83. The van der Waals surface area contributed by atoms with Crippen molar-refractivity contribution < 1.29 is 23.9 Å². The number of esters is 1. The molecule has 1 aliphatic heterocycles. The second kappa shape index (κ2) is 8.16. The molecule has 0 spiro atoms. The van der Waals surface area contributed by atoms with E-state index in [0.717, 1.165) is 10.5 Å². The summed E-state index contributed by atoms with van der Waals surface area (Å²) in [6.45, 7) is 1.44. The van der Waals surface area contributed by atoms with Crippen LogP contribution in [-0.4, -0.2) is 41.7 Å². The first-order valence-electron chi connectivity index (χ1n) is 8.98. The fourth-order valence-electron chi connectivity index (χ4n) is 3.41. The molecule has 3 amide bonds. The lowest BCUT2D eigenvalue weighted by atomic mass is 9.85. The van der Waals surface area contributed by atoms with Crippen molar-refractivity contribution in [3.8, 4) is 0 Å². The molecule has 0 radical (unpaired) electrons. The largest absolute Gasteiger partial charge is 0.456 e. The first-order valence-corrected chi connectivity index (χ1v) is 8.98. The quantitative estimate of drug-likeness (QED) is 0.468. The predicted molar refractivity (Wildman–Crippen MR) is 97.5 cm³/mol. The van der Waals surface area contributed by atoms with Gasteiger partial charge in [0, 0.05) is 12.2 Å². The smallest absolute Gasteiger partial charge is 0.308 e. The molecule has 27 heavy (non-hydrogen) atoms. The number of rotatable bonds is 6. The van der Waals surface area contributed by atoms with Gasteiger partial charge < -0.3 is 10.1 Å². The minimum absolute atomic E-state index is 0.0110. The second-order valence-corrected chi connectivity index (χ2v) is 6.76. The number of nitrogens with one attached hydrogen (secondary N) is 1. The number of ether oxygens (including phenoxy) is 1. The summed E-state index contributed by atoms with van der Waals surface area (Å²) in [4.78, 5) is 49.6. The van der Waals surface area contributed by atoms with Crippen LogP contribution in [0, 0.1) is 18.8 Å². The number of hydrogen-bond donors (Lipinski definition) is 1. The molecule has 1 fully saturated rings. The average Bonchev–Trinajstić information content (AvgIpc) is 2.91. The molecule has 2 aliphatic rings. The summed E-state index contributed by atoms with van der Waals surface area (Å²) < 4.78 is 4.95. The van der Waals surface area contributed by atoms with E-state index in [9.17, 15) is 19.2 Å². The Morgan fingerprint density at radius 1 is 1.11 bits per heavy atom. The zero-order valence-electron chi connectivity index (χ0n) is 15.1. The Balaban J connectivity index is 1.43. The third kappa shape index (κ3) is 4.24. The van der Waals surface area contributed by atoms with Crippen LogP contribution in [0.2, 0.25) is 0 Å². The highest BCUT2D eigenvalue weighted by atomic mass is 16.5. The average molecular weight is 370 g/mol. The number of amides is 3. The van der Waals surface area contributed by atoms with Crippen molar-refractivity contribution in [3.63, 3.8) is 0 Å². The zero-order valence-corrected chi connectivity index (χ0v) is 15.1. The van der Waals surface area contributed by atoms with Gasteiger partial charge in [0.05, 0.1) is 18.3 Å². The monoisotopic (exact) mass is 370 g/mol. The van der Waals surface area contributed by atoms with E-state index in [1.807, 2.05) is 31.2 Å². The van der Waals surface area contributed by atoms with E-state index in [1.54, 1.807) is 12.1 Å². The molecule has 1 aliphatic carbocycles. The maximum atomic E-state index is 12.3. The van der Waals surface area contributed by atoms with Crippen molar-refractivity contribution in [2.75, 3.05) is 18.5 Å². The molecule has 1 saturated heterocycles. The third-order valence-electron chi connectivity index (χ3n) is 4.92. The lowest BCUT2D eigenvalue weighted by Gasteiger charge is -2.14. The third-order valence-corrected chi connectivity index (χ3v) is 4.92. The van der Waals surface area contributed by atoms with Gasteiger partial charge in [-0.15, -0.1) is 0 Å². The van der Waals surface area contributed by atoms with Crippen molar-refractivity contribution >= 4 is 29.4 Å². The van der Waals surface area contributed by atoms with Crippen LogP contribution >= 0.6 is 0 Å². The molecule has 1 aromatic carbocycles. The minimum atomic E-state index is -0.622. The van der Waals surface area contributed by atoms with E-state index in [4.69, 9.17) is 4.74 Å². The fourth-order valence-corrected chi connectivity index (χ4v) is 3.41. The summed E-state index contributed by atoms with van der Waals surface area (Å²) in [5.74, 6) is -2.12. The highest BCUT2D eigenvalue weighted by molar-refractivity contribution is 6.05. The van der Waals surface area contributed by atoms with Crippen molar-refractivity contribution in [1.29, 1.82) is 0 Å². The fraction of sp³-hybridized carbons (Fsp3) is 0.400. The van der Waals surface area contributed by atoms with Crippen molar-refractivity contribution in [2.24, 2.45) is 11.8 Å². The number of imide groups is 1. The molecular weight excluding hydrogens is 348 g/mol. The van der Waals surface area contributed by atoms with Crippen LogP contribution in [-0.2, 0) is 23.9 Å². The van der Waals surface area contributed by atoms with Crippen LogP contribution in [0.1, 0.15) is 24.8 Å². The number of fused-ring (bicyclic) bond motifs is 1. The number of nitrogens with zero attached hydrogens (tertiary/aromatic N) is 1. The van der Waals surface area contributed by atoms with Gasteiger partial charge >= 0.3 is 5.97 Å². The van der Waals surface area contributed by atoms with Crippen LogP contribution in [0.5, 0.6) is 0 Å². The number of para-hydroxylation sites is 1. The van der Waals surface area contributed by atoms with E-state index in [1.165, 1.54) is 0 Å². The van der Waals surface area contributed by atoms with Crippen LogP contribution in [0.3, 0.4) is 0 Å². The minimum Gasteiger partial charge on any atom is -0.456 e. The van der Waals surface area contributed by atoms with Gasteiger partial charge in [0.15, 0.2) is 6.61 Å². The SMILES string of the molecule is Cc1ccccc1NC(=O)COC(=O)CCN1C(=O)[C@H]2CC=CC[C@H]2C1=O. The number of allylic oxidation sites excluding steroid dienone is 2. The lowest BCUT2D eigenvalue weighted by molar-refractivity contribution is -0.148. The second-order valence-electron chi connectivity index (χ2n) is 6.76. The summed E-state index contributed by atoms with van der Waals surface area (Å²) in [5, 5.41) is 2.67. The Bertz CT molecular complexity index is 775. The highest BCUT2D eigenvalue weighted by Crippen LogP contribution is 2.34. The van der Waals surface area contributed by atoms with Gasteiger partial charge in [-0.3, -0.25) is 24.1 Å². The van der Waals surface area contributed by atoms with E-state index < -0.39 is 18.5 Å². The Labute approximate surface area is 157 Å². The normalized spacial score (nSPS) is 21.1. The standard InChI is InChI=1S/C20H22N2O5/c1-13-6-2-5-9-16(13)21-17(23)12-27-18(24)10-11-22-19(25)14-7-3-4-8-15(14)20(22)26/h2-6,9,14-15H,7-8,10-12H2,1H3,(H,21,23)/t14-,15+. The molecule has 1 heterocycles. The van der Waals surface area contributed by atoms with Crippen LogP contribution < -0.4 is 5.32 Å². The number of anilines is 1. The van der Waals surface area contributed by atoms with Gasteiger partial charge in [-0.05, 0) is 31.4 Å². The topological polar surface area (TPSA) is 92.8 Å². The van der Waals surface area contributed by atoms with Crippen LogP contribution in [0.4, 0.5) is 5.69 Å². The zero-order chi connectivity index (χ0) is 19.4. The maximum Gasteiger partial charge on any atom is 0.308 e. The molecule has 7 heteroatoms. The van der Waals surface area contributed by atoms with Gasteiger partial charge in [-0.1, -0.05) is 30.4 Å². The molecule has 0 saturated carbocycles. The predicted octanol–water partition coefficient (Wildman–Crippen LogP) is 1.82. The van der Waals surface area contributed by atoms with E-state index in [-0.39, 0.29) is 36.6 Å². The molecule has 2 atom stereocenters. The number of carbonyl (C=O) groups excluding carboxylic acids is 4. The Morgan fingerprint density at radius 2 is 1.74 bits per heavy atom. The molecule has 1 N–H and O–H groups in total. The Hall–Kier alpha value is -2.96. The Kier molecular flexibility index (Phi) is 5.69. The summed E-state index contributed by atoms with van der Waals surface area (Å²) in [6, 6.07) is 7.27. The number of hydrogen-bond acceptors (Lipinski definition) is 5. The molecule has 1 aromatic rings. The van der Waals surface area contributed by atoms with Crippen LogP contribution in [0.15, 0.2) is 36.4 Å². The summed E-state index contributed by atoms with van der Waals surface area (Å²) in [7, 11) is 0. The maximum absolute atomic E-state index is 12.3. The number of benzene rings is 1. The summed E-state index contributed by atoms with van der Waals surface area (Å²) in [5.41, 5.74) is 1.56. The van der Waals surface area contributed by atoms with E-state index >= 15 is 0 Å². The molecule has 3 rings (SSSR count). The van der Waals surface area contributed by atoms with E-state index in [0.29, 0.717) is 18.5 Å². The van der Waals surface area contributed by atoms with Gasteiger partial charge in [-0.25, -0.2) is 0 Å². The molecule has 0 unspecified atom stereocenters. The van der Waals surface area contributed by atoms with Crippen molar-refractivity contribution in [1.82, 2.24) is 4.90 Å². The molecule has 7 nitrogen and oxygen atoms in total. The van der Waals surface area contributed by atoms with E-state index in [2.05, 4.69) is 5.32 Å². The lowest BCUT2D eigenvalue weighted by Crippen LogP contribution is -2.33. The number of likely N-dealkylation sites (tertiary alicyclic amines) is 1. The molecule has 0 aromatic heterocycles. The molecule has 142 valence electrons. The molecular formula is C20H22N2O5.